The van der Waals surface area contributed by atoms with E-state index in [1.54, 1.807) is 4.68 Å². The molecule has 2 heterocycles. The number of amides is 1. The Balaban J connectivity index is 1.71. The van der Waals surface area contributed by atoms with Gasteiger partial charge in [0.25, 0.3) is 0 Å². The molecule has 0 aliphatic carbocycles. The maximum Gasteiger partial charge on any atom is 0.407 e. The standard InChI is InChI=1S/C19H21FN4O6S/c20-16-9-15(31(28,29)8-7-25)1-2-18(16)30-12-13-11-22-24(17(13)10-21)14-3-5-23(6-4-14)19(26)27/h1-2,9,11,14,25H,3-8,12H2,(H,26,27). The zero-order valence-corrected chi connectivity index (χ0v) is 17.3. The summed E-state index contributed by atoms with van der Waals surface area (Å²) in [5.74, 6) is -1.58. The number of likely N-dealkylation sites (tertiary alicyclic amines) is 1. The number of ether oxygens (including phenoxy) is 1. The van der Waals surface area contributed by atoms with Gasteiger partial charge < -0.3 is 19.8 Å². The normalized spacial score (nSPS) is 14.9. The van der Waals surface area contributed by atoms with E-state index in [0.717, 1.165) is 6.07 Å². The fourth-order valence-corrected chi connectivity index (χ4v) is 4.43. The Kier molecular flexibility index (Phi) is 6.77. The summed E-state index contributed by atoms with van der Waals surface area (Å²) in [6.45, 7) is -0.0460. The van der Waals surface area contributed by atoms with Gasteiger partial charge in [-0.2, -0.15) is 10.4 Å². The van der Waals surface area contributed by atoms with Crippen LogP contribution in [0.4, 0.5) is 9.18 Å². The third-order valence-corrected chi connectivity index (χ3v) is 6.76. The van der Waals surface area contributed by atoms with Crippen molar-refractivity contribution in [3.63, 3.8) is 0 Å². The van der Waals surface area contributed by atoms with Crippen LogP contribution in [0.2, 0.25) is 0 Å². The molecule has 31 heavy (non-hydrogen) atoms. The second-order valence-electron chi connectivity index (χ2n) is 7.00. The van der Waals surface area contributed by atoms with Crippen molar-refractivity contribution in [3.05, 3.63) is 41.5 Å². The second-order valence-corrected chi connectivity index (χ2v) is 9.11. The van der Waals surface area contributed by atoms with Crippen molar-refractivity contribution in [2.75, 3.05) is 25.4 Å². The number of carboxylic acid groups (broad SMARTS) is 1. The predicted molar refractivity (Wildman–Crippen MR) is 105 cm³/mol. The second kappa shape index (κ2) is 9.32. The minimum absolute atomic E-state index is 0.133. The van der Waals surface area contributed by atoms with Crippen molar-refractivity contribution in [3.8, 4) is 11.8 Å². The monoisotopic (exact) mass is 452 g/mol. The minimum atomic E-state index is -3.79. The number of halogens is 1. The van der Waals surface area contributed by atoms with Gasteiger partial charge in [-0.25, -0.2) is 17.6 Å². The van der Waals surface area contributed by atoms with Gasteiger partial charge in [-0.1, -0.05) is 0 Å². The molecule has 0 atom stereocenters. The molecular formula is C19H21FN4O6S. The molecule has 0 bridgehead atoms. The molecule has 3 rings (SSSR count). The Morgan fingerprint density at radius 2 is 2.06 bits per heavy atom. The summed E-state index contributed by atoms with van der Waals surface area (Å²) < 4.78 is 45.1. The molecule has 0 saturated carbocycles. The van der Waals surface area contributed by atoms with Crippen LogP contribution in [-0.4, -0.2) is 64.9 Å². The van der Waals surface area contributed by atoms with Crippen LogP contribution in [0.3, 0.4) is 0 Å². The summed E-state index contributed by atoms with van der Waals surface area (Å²) in [5, 5.41) is 31.7. The van der Waals surface area contributed by atoms with Gasteiger partial charge in [0.15, 0.2) is 21.4 Å². The van der Waals surface area contributed by atoms with E-state index in [4.69, 9.17) is 14.9 Å². The summed E-state index contributed by atoms with van der Waals surface area (Å²) in [6, 6.07) is 5.12. The van der Waals surface area contributed by atoms with Gasteiger partial charge in [0.2, 0.25) is 0 Å². The quantitative estimate of drug-likeness (QED) is 0.643. The number of aliphatic hydroxyl groups excluding tert-OH is 1. The fraction of sp³-hybridized carbons (Fsp3) is 0.421. The summed E-state index contributed by atoms with van der Waals surface area (Å²) in [4.78, 5) is 12.1. The number of nitrogens with zero attached hydrogens (tertiary/aromatic N) is 4. The lowest BCUT2D eigenvalue weighted by Gasteiger charge is -2.30. The number of rotatable bonds is 7. The van der Waals surface area contributed by atoms with Crippen LogP contribution in [-0.2, 0) is 16.4 Å². The first kappa shape index (κ1) is 22.5. The van der Waals surface area contributed by atoms with Gasteiger partial charge in [0.1, 0.15) is 18.4 Å². The van der Waals surface area contributed by atoms with Crippen LogP contribution >= 0.6 is 0 Å². The van der Waals surface area contributed by atoms with E-state index in [2.05, 4.69) is 11.2 Å². The number of nitriles is 1. The van der Waals surface area contributed by atoms with Crippen LogP contribution in [0.15, 0.2) is 29.3 Å². The van der Waals surface area contributed by atoms with Gasteiger partial charge in [-0.05, 0) is 31.0 Å². The van der Waals surface area contributed by atoms with Crippen molar-refractivity contribution in [2.24, 2.45) is 0 Å². The highest BCUT2D eigenvalue weighted by molar-refractivity contribution is 7.91. The molecule has 0 radical (unpaired) electrons. The lowest BCUT2D eigenvalue weighted by atomic mass is 10.1. The molecule has 1 aromatic carbocycles. The number of hydrogen-bond acceptors (Lipinski definition) is 7. The molecule has 12 heteroatoms. The van der Waals surface area contributed by atoms with Crippen molar-refractivity contribution < 1.29 is 32.6 Å². The largest absolute Gasteiger partial charge is 0.486 e. The Hall–Kier alpha value is -3.17. The first-order chi connectivity index (χ1) is 14.8. The first-order valence-electron chi connectivity index (χ1n) is 9.47. The van der Waals surface area contributed by atoms with Crippen molar-refractivity contribution in [1.82, 2.24) is 14.7 Å². The van der Waals surface area contributed by atoms with Crippen LogP contribution < -0.4 is 4.74 Å². The van der Waals surface area contributed by atoms with E-state index >= 15 is 0 Å². The average molecular weight is 452 g/mol. The Labute approximate surface area is 178 Å². The third kappa shape index (κ3) is 4.95. The summed E-state index contributed by atoms with van der Waals surface area (Å²) >= 11 is 0. The molecule has 1 fully saturated rings. The molecular weight excluding hydrogens is 431 g/mol. The number of benzene rings is 1. The minimum Gasteiger partial charge on any atom is -0.486 e. The molecule has 0 unspecified atom stereocenters. The molecule has 2 N–H and O–H groups in total. The van der Waals surface area contributed by atoms with E-state index in [9.17, 15) is 22.9 Å². The number of aromatic nitrogens is 2. The van der Waals surface area contributed by atoms with E-state index < -0.39 is 34.1 Å². The molecule has 2 aromatic rings. The topological polar surface area (TPSA) is 146 Å². The van der Waals surface area contributed by atoms with E-state index in [1.165, 1.54) is 23.2 Å². The number of carbonyl (C=O) groups is 1. The predicted octanol–water partition coefficient (Wildman–Crippen LogP) is 1.55. The van der Waals surface area contributed by atoms with Crippen molar-refractivity contribution >= 4 is 15.9 Å². The van der Waals surface area contributed by atoms with Gasteiger partial charge in [0, 0.05) is 18.7 Å². The summed E-state index contributed by atoms with van der Waals surface area (Å²) in [5.41, 5.74) is 0.677. The Morgan fingerprint density at radius 1 is 1.35 bits per heavy atom. The van der Waals surface area contributed by atoms with Gasteiger partial charge >= 0.3 is 6.09 Å². The highest BCUT2D eigenvalue weighted by Crippen LogP contribution is 2.26. The molecule has 10 nitrogen and oxygen atoms in total. The Bertz CT molecular complexity index is 1100. The van der Waals surface area contributed by atoms with Crippen molar-refractivity contribution in [1.29, 1.82) is 5.26 Å². The van der Waals surface area contributed by atoms with E-state index in [-0.39, 0.29) is 29.0 Å². The number of hydrogen-bond donors (Lipinski definition) is 2. The molecule has 1 aromatic heterocycles. The zero-order chi connectivity index (χ0) is 22.6. The lowest BCUT2D eigenvalue weighted by molar-refractivity contribution is 0.123. The molecule has 1 aliphatic heterocycles. The first-order valence-corrected chi connectivity index (χ1v) is 11.1. The molecule has 166 valence electrons. The maximum atomic E-state index is 14.3. The molecule has 1 aliphatic rings. The van der Waals surface area contributed by atoms with E-state index in [0.29, 0.717) is 31.5 Å². The maximum absolute atomic E-state index is 14.3. The number of aliphatic hydroxyl groups is 1. The van der Waals surface area contributed by atoms with E-state index in [1.807, 2.05) is 0 Å². The van der Waals surface area contributed by atoms with Crippen LogP contribution in [0.1, 0.15) is 30.1 Å². The van der Waals surface area contributed by atoms with Crippen LogP contribution in [0.5, 0.6) is 5.75 Å². The smallest absolute Gasteiger partial charge is 0.407 e. The summed E-state index contributed by atoms with van der Waals surface area (Å²) in [6.07, 6.45) is 1.49. The van der Waals surface area contributed by atoms with Crippen molar-refractivity contribution in [2.45, 2.75) is 30.4 Å². The molecule has 0 spiro atoms. The van der Waals surface area contributed by atoms with Crippen LogP contribution in [0, 0.1) is 17.1 Å². The number of piperidine rings is 1. The van der Waals surface area contributed by atoms with Gasteiger partial charge in [0.05, 0.1) is 29.5 Å². The SMILES string of the molecule is N#Cc1c(COc2ccc(S(=O)(=O)CCO)cc2F)cnn1C1CCN(C(=O)O)CC1. The number of sulfone groups is 1. The van der Waals surface area contributed by atoms with Crippen LogP contribution in [0.25, 0.3) is 0 Å². The van der Waals surface area contributed by atoms with Gasteiger partial charge in [-0.3, -0.25) is 4.68 Å². The average Bonchev–Trinajstić information content (AvgIpc) is 3.15. The Morgan fingerprint density at radius 3 is 2.65 bits per heavy atom. The molecule has 1 amide bonds. The molecule has 1 saturated heterocycles. The summed E-state index contributed by atoms with van der Waals surface area (Å²) in [7, 11) is -3.79. The highest BCUT2D eigenvalue weighted by Gasteiger charge is 2.26. The fourth-order valence-electron chi connectivity index (χ4n) is 3.39. The highest BCUT2D eigenvalue weighted by atomic mass is 32.2. The third-order valence-electron chi connectivity index (χ3n) is 5.06. The zero-order valence-electron chi connectivity index (χ0n) is 16.4. The lowest BCUT2D eigenvalue weighted by Crippen LogP contribution is -2.38. The van der Waals surface area contributed by atoms with Gasteiger partial charge in [-0.15, -0.1) is 0 Å².